The number of fused-ring (bicyclic) bond motifs is 2. The first-order chi connectivity index (χ1) is 16.0. The third kappa shape index (κ3) is 4.44. The van der Waals surface area contributed by atoms with Gasteiger partial charge in [-0.05, 0) is 46.7 Å². The Hall–Kier alpha value is -3.36. The van der Waals surface area contributed by atoms with Crippen molar-refractivity contribution in [2.75, 3.05) is 39.4 Å². The van der Waals surface area contributed by atoms with E-state index >= 15 is 0 Å². The quantitative estimate of drug-likeness (QED) is 0.555. The van der Waals surface area contributed by atoms with Crippen molar-refractivity contribution in [1.29, 1.82) is 0 Å². The largest absolute Gasteiger partial charge is 0.486 e. The summed E-state index contributed by atoms with van der Waals surface area (Å²) in [5, 5.41) is 1.88. The zero-order valence-electron chi connectivity index (χ0n) is 18.0. The van der Waals surface area contributed by atoms with Crippen molar-refractivity contribution in [3.63, 3.8) is 0 Å². The fourth-order valence-corrected chi connectivity index (χ4v) is 5.52. The fourth-order valence-electron chi connectivity index (χ4n) is 4.06. The summed E-state index contributed by atoms with van der Waals surface area (Å²) >= 11 is 0. The van der Waals surface area contributed by atoms with Crippen molar-refractivity contribution < 1.29 is 22.7 Å². The van der Waals surface area contributed by atoms with Gasteiger partial charge >= 0.3 is 0 Å². The molecule has 8 heteroatoms. The van der Waals surface area contributed by atoms with Gasteiger partial charge in [-0.1, -0.05) is 36.4 Å². The van der Waals surface area contributed by atoms with Crippen molar-refractivity contribution in [2.24, 2.45) is 0 Å². The lowest BCUT2D eigenvalue weighted by Gasteiger charge is -2.33. The van der Waals surface area contributed by atoms with E-state index in [0.29, 0.717) is 37.8 Å². The van der Waals surface area contributed by atoms with E-state index < -0.39 is 10.0 Å². The van der Waals surface area contributed by atoms with E-state index in [1.807, 2.05) is 48.5 Å². The Bertz CT molecular complexity index is 1330. The maximum Gasteiger partial charge on any atom is 0.246 e. The van der Waals surface area contributed by atoms with Crippen LogP contribution in [0.4, 0.5) is 0 Å². The summed E-state index contributed by atoms with van der Waals surface area (Å²) in [6.07, 6.45) is 3.25. The number of carbonyl (C=O) groups excluding carboxylic acids is 1. The highest BCUT2D eigenvalue weighted by atomic mass is 32.2. The molecule has 7 nitrogen and oxygen atoms in total. The van der Waals surface area contributed by atoms with E-state index in [0.717, 1.165) is 16.3 Å². The van der Waals surface area contributed by atoms with Crippen molar-refractivity contribution in [3.05, 3.63) is 72.3 Å². The Kier molecular flexibility index (Phi) is 5.78. The second-order valence-electron chi connectivity index (χ2n) is 7.97. The molecule has 1 amide bonds. The average molecular weight is 465 g/mol. The number of hydrogen-bond acceptors (Lipinski definition) is 5. The third-order valence-electron chi connectivity index (χ3n) is 5.89. The van der Waals surface area contributed by atoms with E-state index in [2.05, 4.69) is 0 Å². The van der Waals surface area contributed by atoms with E-state index in [9.17, 15) is 13.2 Å². The number of ether oxygens (including phenoxy) is 2. The molecule has 0 radical (unpaired) electrons. The molecule has 1 fully saturated rings. The summed E-state index contributed by atoms with van der Waals surface area (Å²) in [6.45, 7) is 2.25. The van der Waals surface area contributed by atoms with Crippen LogP contribution in [-0.4, -0.2) is 62.9 Å². The number of piperazine rings is 1. The van der Waals surface area contributed by atoms with Gasteiger partial charge in [0, 0.05) is 32.3 Å². The number of hydrogen-bond donors (Lipinski definition) is 0. The monoisotopic (exact) mass is 464 g/mol. The van der Waals surface area contributed by atoms with Gasteiger partial charge in [0.15, 0.2) is 11.5 Å². The molecule has 0 spiro atoms. The van der Waals surface area contributed by atoms with Crippen LogP contribution in [0.1, 0.15) is 5.56 Å². The maximum absolute atomic E-state index is 13.1. The summed E-state index contributed by atoms with van der Waals surface area (Å²) in [5.74, 6) is 1.23. The lowest BCUT2D eigenvalue weighted by Crippen LogP contribution is -2.50. The van der Waals surface area contributed by atoms with Gasteiger partial charge in [0.2, 0.25) is 15.9 Å². The van der Waals surface area contributed by atoms with Crippen molar-refractivity contribution >= 4 is 32.8 Å². The Balaban J connectivity index is 1.22. The normalized spacial score (nSPS) is 16.9. The molecular weight excluding hydrogens is 440 g/mol. The number of rotatable bonds is 4. The molecule has 2 heterocycles. The molecule has 0 aliphatic carbocycles. The predicted octanol–water partition coefficient (Wildman–Crippen LogP) is 3.16. The Morgan fingerprint density at radius 1 is 0.818 bits per heavy atom. The highest BCUT2D eigenvalue weighted by molar-refractivity contribution is 7.89. The average Bonchev–Trinajstić information content (AvgIpc) is 2.87. The zero-order chi connectivity index (χ0) is 22.8. The Morgan fingerprint density at radius 2 is 1.55 bits per heavy atom. The van der Waals surface area contributed by atoms with E-state index in [1.165, 1.54) is 10.4 Å². The van der Waals surface area contributed by atoms with E-state index in [1.54, 1.807) is 23.1 Å². The summed E-state index contributed by atoms with van der Waals surface area (Å²) in [5.41, 5.74) is 0.838. The van der Waals surface area contributed by atoms with E-state index in [-0.39, 0.29) is 23.9 Å². The van der Waals surface area contributed by atoms with Gasteiger partial charge in [-0.25, -0.2) is 8.42 Å². The number of benzene rings is 3. The number of amides is 1. The summed E-state index contributed by atoms with van der Waals surface area (Å²) < 4.78 is 38.8. The molecule has 0 aromatic heterocycles. The lowest BCUT2D eigenvalue weighted by atomic mass is 10.1. The minimum absolute atomic E-state index is 0.146. The van der Waals surface area contributed by atoms with Crippen LogP contribution < -0.4 is 9.47 Å². The van der Waals surface area contributed by atoms with Crippen LogP contribution in [0.5, 0.6) is 11.5 Å². The second kappa shape index (κ2) is 8.88. The van der Waals surface area contributed by atoms with Crippen molar-refractivity contribution in [2.45, 2.75) is 4.90 Å². The predicted molar refractivity (Wildman–Crippen MR) is 126 cm³/mol. The standard InChI is InChI=1S/C25H24N2O5S/c28-25(10-6-19-5-9-23-24(17-19)32-16-15-31-23)26-11-13-27(14-12-26)33(29,30)22-8-7-20-3-1-2-4-21(20)18-22/h1-10,17-18H,11-16H2. The molecular formula is C25H24N2O5S. The van der Waals surface area contributed by atoms with E-state index in [4.69, 9.17) is 9.47 Å². The van der Waals surface area contributed by atoms with Gasteiger partial charge in [-0.3, -0.25) is 4.79 Å². The van der Waals surface area contributed by atoms with Crippen molar-refractivity contribution in [1.82, 2.24) is 9.21 Å². The zero-order valence-corrected chi connectivity index (χ0v) is 18.8. The van der Waals surface area contributed by atoms with Gasteiger partial charge in [0.25, 0.3) is 0 Å². The Labute approximate surface area is 192 Å². The topological polar surface area (TPSA) is 76.2 Å². The van der Waals surface area contributed by atoms with Crippen molar-refractivity contribution in [3.8, 4) is 11.5 Å². The molecule has 5 rings (SSSR count). The molecule has 2 aliphatic heterocycles. The highest BCUT2D eigenvalue weighted by Crippen LogP contribution is 2.31. The number of carbonyl (C=O) groups is 1. The van der Waals surface area contributed by atoms with Gasteiger partial charge < -0.3 is 14.4 Å². The van der Waals surface area contributed by atoms with Crippen LogP contribution in [0.3, 0.4) is 0 Å². The second-order valence-corrected chi connectivity index (χ2v) is 9.91. The molecule has 3 aromatic carbocycles. The maximum atomic E-state index is 13.1. The fraction of sp³-hybridized carbons (Fsp3) is 0.240. The molecule has 1 saturated heterocycles. The molecule has 33 heavy (non-hydrogen) atoms. The molecule has 0 bridgehead atoms. The first kappa shape index (κ1) is 21.5. The minimum Gasteiger partial charge on any atom is -0.486 e. The van der Waals surface area contributed by atoms with Crippen LogP contribution >= 0.6 is 0 Å². The van der Waals surface area contributed by atoms with Gasteiger partial charge in [-0.2, -0.15) is 4.31 Å². The molecule has 0 saturated carbocycles. The number of nitrogens with zero attached hydrogens (tertiary/aromatic N) is 2. The van der Waals surface area contributed by atoms with Gasteiger partial charge in [0.05, 0.1) is 4.90 Å². The molecule has 0 unspecified atom stereocenters. The SMILES string of the molecule is O=C(C=Cc1ccc2c(c1)OCCO2)N1CCN(S(=O)(=O)c2ccc3ccccc3c2)CC1. The summed E-state index contributed by atoms with van der Waals surface area (Å²) in [4.78, 5) is 14.6. The molecule has 3 aromatic rings. The smallest absolute Gasteiger partial charge is 0.246 e. The summed E-state index contributed by atoms with van der Waals surface area (Å²) in [7, 11) is -3.62. The number of sulfonamides is 1. The van der Waals surface area contributed by atoms with Crippen LogP contribution in [0.25, 0.3) is 16.8 Å². The lowest BCUT2D eigenvalue weighted by molar-refractivity contribution is -0.127. The third-order valence-corrected chi connectivity index (χ3v) is 7.79. The van der Waals surface area contributed by atoms with Gasteiger partial charge in [-0.15, -0.1) is 0 Å². The van der Waals surface area contributed by atoms with Crippen LogP contribution in [-0.2, 0) is 14.8 Å². The Morgan fingerprint density at radius 3 is 2.33 bits per heavy atom. The summed E-state index contributed by atoms with van der Waals surface area (Å²) in [6, 6.07) is 18.4. The van der Waals surface area contributed by atoms with Crippen LogP contribution in [0.2, 0.25) is 0 Å². The van der Waals surface area contributed by atoms with Gasteiger partial charge in [0.1, 0.15) is 13.2 Å². The first-order valence-electron chi connectivity index (χ1n) is 10.9. The molecule has 0 atom stereocenters. The molecule has 0 N–H and O–H groups in total. The first-order valence-corrected chi connectivity index (χ1v) is 12.3. The molecule has 2 aliphatic rings. The highest BCUT2D eigenvalue weighted by Gasteiger charge is 2.29. The van der Waals surface area contributed by atoms with Crippen LogP contribution in [0.15, 0.2) is 71.6 Å². The molecule has 170 valence electrons. The minimum atomic E-state index is -3.62. The van der Waals surface area contributed by atoms with Crippen LogP contribution in [0, 0.1) is 0 Å².